The molecule has 2 aliphatic rings. The SMILES string of the molecule is Cc1c2c(c(C)n1C1CCCCC1)C(C)(C#N)CC2(C)C. The van der Waals surface area contributed by atoms with Gasteiger partial charge in [-0.3, -0.25) is 0 Å². The van der Waals surface area contributed by atoms with Gasteiger partial charge in [-0.05, 0) is 56.6 Å². The van der Waals surface area contributed by atoms with Crippen LogP contribution in [0.25, 0.3) is 0 Å². The molecule has 3 rings (SSSR count). The van der Waals surface area contributed by atoms with Gasteiger partial charge in [0, 0.05) is 17.4 Å². The molecule has 2 heteroatoms. The highest BCUT2D eigenvalue weighted by Crippen LogP contribution is 2.53. The van der Waals surface area contributed by atoms with E-state index in [-0.39, 0.29) is 10.8 Å². The molecule has 1 fully saturated rings. The zero-order valence-corrected chi connectivity index (χ0v) is 14.2. The first-order chi connectivity index (χ1) is 9.82. The highest BCUT2D eigenvalue weighted by Gasteiger charge is 2.49. The van der Waals surface area contributed by atoms with Gasteiger partial charge in [0.1, 0.15) is 0 Å². The zero-order valence-electron chi connectivity index (χ0n) is 14.2. The molecular formula is C19H28N2. The lowest BCUT2D eigenvalue weighted by molar-refractivity contribution is 0.339. The third-order valence-corrected chi connectivity index (χ3v) is 5.91. The lowest BCUT2D eigenvalue weighted by Crippen LogP contribution is -2.24. The van der Waals surface area contributed by atoms with Crippen LogP contribution in [0.2, 0.25) is 0 Å². The van der Waals surface area contributed by atoms with Crippen LogP contribution >= 0.6 is 0 Å². The van der Waals surface area contributed by atoms with E-state index in [1.54, 1.807) is 0 Å². The molecule has 0 spiro atoms. The Hall–Kier alpha value is -1.23. The van der Waals surface area contributed by atoms with Gasteiger partial charge in [0.15, 0.2) is 0 Å². The number of hydrogen-bond acceptors (Lipinski definition) is 1. The van der Waals surface area contributed by atoms with E-state index in [0.29, 0.717) is 6.04 Å². The average Bonchev–Trinajstić information content (AvgIpc) is 2.83. The fourth-order valence-electron chi connectivity index (χ4n) is 5.40. The number of nitrogens with zero attached hydrogens (tertiary/aromatic N) is 2. The van der Waals surface area contributed by atoms with Crippen LogP contribution in [-0.4, -0.2) is 4.57 Å². The Morgan fingerprint density at radius 3 is 2.14 bits per heavy atom. The normalized spacial score (nSPS) is 28.4. The second kappa shape index (κ2) is 4.63. The fourth-order valence-corrected chi connectivity index (χ4v) is 5.40. The number of rotatable bonds is 1. The van der Waals surface area contributed by atoms with Gasteiger partial charge in [-0.1, -0.05) is 33.1 Å². The molecular weight excluding hydrogens is 256 g/mol. The molecule has 0 radical (unpaired) electrons. The quantitative estimate of drug-likeness (QED) is 0.707. The second-order valence-corrected chi connectivity index (χ2v) is 8.09. The summed E-state index contributed by atoms with van der Waals surface area (Å²) in [6.45, 7) is 11.3. The molecule has 0 bridgehead atoms. The molecule has 2 aliphatic carbocycles. The summed E-state index contributed by atoms with van der Waals surface area (Å²) >= 11 is 0. The summed E-state index contributed by atoms with van der Waals surface area (Å²) in [6.07, 6.45) is 7.65. The number of aromatic nitrogens is 1. The summed E-state index contributed by atoms with van der Waals surface area (Å²) in [7, 11) is 0. The van der Waals surface area contributed by atoms with E-state index in [2.05, 4.69) is 45.3 Å². The third-order valence-electron chi connectivity index (χ3n) is 5.91. The minimum atomic E-state index is -0.312. The van der Waals surface area contributed by atoms with Crippen LogP contribution < -0.4 is 0 Å². The fraction of sp³-hybridized carbons (Fsp3) is 0.737. The highest BCUT2D eigenvalue weighted by atomic mass is 15.0. The Bertz CT molecular complexity index is 608. The Morgan fingerprint density at radius 2 is 1.57 bits per heavy atom. The smallest absolute Gasteiger partial charge is 0.0822 e. The van der Waals surface area contributed by atoms with Gasteiger partial charge in [-0.2, -0.15) is 5.26 Å². The van der Waals surface area contributed by atoms with Crippen LogP contribution in [-0.2, 0) is 10.8 Å². The summed E-state index contributed by atoms with van der Waals surface area (Å²) in [4.78, 5) is 0. The summed E-state index contributed by atoms with van der Waals surface area (Å²) in [5.74, 6) is 0. The highest BCUT2D eigenvalue weighted by molar-refractivity contribution is 5.55. The van der Waals surface area contributed by atoms with E-state index in [4.69, 9.17) is 0 Å². The van der Waals surface area contributed by atoms with Crippen molar-refractivity contribution in [1.29, 1.82) is 5.26 Å². The molecule has 1 heterocycles. The van der Waals surface area contributed by atoms with Crippen LogP contribution in [0.4, 0.5) is 0 Å². The van der Waals surface area contributed by atoms with Gasteiger partial charge in [-0.15, -0.1) is 0 Å². The topological polar surface area (TPSA) is 28.7 Å². The minimum absolute atomic E-state index is 0.120. The standard InChI is InChI=1S/C19H28N2/c1-13-16-17(19(5,12-20)11-18(16,3)4)14(2)21(13)15-9-7-6-8-10-15/h15H,6-11H2,1-5H3. The van der Waals surface area contributed by atoms with Crippen molar-refractivity contribution in [2.24, 2.45) is 0 Å². The van der Waals surface area contributed by atoms with Crippen molar-refractivity contribution in [3.8, 4) is 6.07 Å². The van der Waals surface area contributed by atoms with Crippen molar-refractivity contribution in [3.63, 3.8) is 0 Å². The maximum atomic E-state index is 9.78. The molecule has 0 saturated heterocycles. The van der Waals surface area contributed by atoms with E-state index in [1.807, 2.05) is 0 Å². The Balaban J connectivity index is 2.19. The van der Waals surface area contributed by atoms with Crippen LogP contribution in [0.1, 0.15) is 87.9 Å². The van der Waals surface area contributed by atoms with E-state index in [1.165, 1.54) is 54.6 Å². The van der Waals surface area contributed by atoms with Crippen LogP contribution in [0.3, 0.4) is 0 Å². The summed E-state index contributed by atoms with van der Waals surface area (Å²) in [6, 6.07) is 3.28. The van der Waals surface area contributed by atoms with Gasteiger partial charge in [-0.25, -0.2) is 0 Å². The molecule has 1 saturated carbocycles. The van der Waals surface area contributed by atoms with Gasteiger partial charge in [0.05, 0.1) is 11.5 Å². The van der Waals surface area contributed by atoms with Crippen molar-refractivity contribution in [2.45, 2.75) is 90.0 Å². The van der Waals surface area contributed by atoms with E-state index in [0.717, 1.165) is 6.42 Å². The lowest BCUT2D eigenvalue weighted by atomic mass is 9.80. The zero-order chi connectivity index (χ0) is 15.4. The molecule has 0 aromatic carbocycles. The third kappa shape index (κ3) is 1.97. The Kier molecular flexibility index (Phi) is 3.24. The van der Waals surface area contributed by atoms with E-state index < -0.39 is 0 Å². The van der Waals surface area contributed by atoms with Crippen molar-refractivity contribution in [3.05, 3.63) is 22.5 Å². The lowest BCUT2D eigenvalue weighted by Gasteiger charge is -2.30. The summed E-state index contributed by atoms with van der Waals surface area (Å²) in [5, 5.41) is 9.78. The largest absolute Gasteiger partial charge is 0.346 e. The molecule has 0 aliphatic heterocycles. The molecule has 2 nitrogen and oxygen atoms in total. The van der Waals surface area contributed by atoms with E-state index in [9.17, 15) is 5.26 Å². The minimum Gasteiger partial charge on any atom is -0.346 e. The predicted molar refractivity (Wildman–Crippen MR) is 86.6 cm³/mol. The van der Waals surface area contributed by atoms with Gasteiger partial charge < -0.3 is 4.57 Å². The second-order valence-electron chi connectivity index (χ2n) is 8.09. The first-order valence-electron chi connectivity index (χ1n) is 8.45. The maximum Gasteiger partial charge on any atom is 0.0822 e. The number of hydrogen-bond donors (Lipinski definition) is 0. The first kappa shape index (κ1) is 14.7. The first-order valence-corrected chi connectivity index (χ1v) is 8.45. The van der Waals surface area contributed by atoms with Crippen LogP contribution in [0, 0.1) is 25.2 Å². The van der Waals surface area contributed by atoms with Crippen molar-refractivity contribution >= 4 is 0 Å². The van der Waals surface area contributed by atoms with Gasteiger partial charge in [0.25, 0.3) is 0 Å². The summed E-state index contributed by atoms with van der Waals surface area (Å²) in [5.41, 5.74) is 5.41. The molecule has 1 aromatic heterocycles. The van der Waals surface area contributed by atoms with Crippen LogP contribution in [0.15, 0.2) is 0 Å². The molecule has 1 atom stereocenters. The predicted octanol–water partition coefficient (Wildman–Crippen LogP) is 5.07. The monoisotopic (exact) mass is 284 g/mol. The molecule has 1 aromatic rings. The number of fused-ring (bicyclic) bond motifs is 1. The van der Waals surface area contributed by atoms with Gasteiger partial charge in [0.2, 0.25) is 0 Å². The Morgan fingerprint density at radius 1 is 1.00 bits per heavy atom. The summed E-state index contributed by atoms with van der Waals surface area (Å²) < 4.78 is 2.58. The molecule has 0 N–H and O–H groups in total. The van der Waals surface area contributed by atoms with Crippen molar-refractivity contribution in [2.75, 3.05) is 0 Å². The van der Waals surface area contributed by atoms with Crippen molar-refractivity contribution in [1.82, 2.24) is 4.57 Å². The molecule has 1 unspecified atom stereocenters. The number of nitriles is 1. The van der Waals surface area contributed by atoms with Gasteiger partial charge >= 0.3 is 0 Å². The molecule has 0 amide bonds. The van der Waals surface area contributed by atoms with E-state index >= 15 is 0 Å². The van der Waals surface area contributed by atoms with Crippen LogP contribution in [0.5, 0.6) is 0 Å². The maximum absolute atomic E-state index is 9.78. The molecule has 21 heavy (non-hydrogen) atoms. The molecule has 114 valence electrons. The van der Waals surface area contributed by atoms with Crippen molar-refractivity contribution < 1.29 is 0 Å². The average molecular weight is 284 g/mol. The Labute approximate surface area is 129 Å².